The summed E-state index contributed by atoms with van der Waals surface area (Å²) in [6.45, 7) is 0. The first-order valence-corrected chi connectivity index (χ1v) is 20.0. The summed E-state index contributed by atoms with van der Waals surface area (Å²) in [5.41, 5.74) is 5.92. The molecular formula is C48H41NO6S2. The van der Waals surface area contributed by atoms with Gasteiger partial charge in [-0.25, -0.2) is 0 Å². The Morgan fingerprint density at radius 2 is 0.754 bits per heavy atom. The third-order valence-corrected chi connectivity index (χ3v) is 12.7. The number of aliphatic hydroxyl groups is 2. The van der Waals surface area contributed by atoms with Crippen molar-refractivity contribution < 1.29 is 29.3 Å². The van der Waals surface area contributed by atoms with Gasteiger partial charge in [-0.3, -0.25) is 0 Å². The van der Waals surface area contributed by atoms with Crippen molar-refractivity contribution in [1.82, 2.24) is 5.48 Å². The Hall–Kier alpha value is -5.94. The standard InChI is InChI=1S/C48H41NO6S2/c1-49-55-38-27-19-34(20-28-38)48(51,33-17-25-37(54-4)26-18-33)42-12-8-6-10-40(42)44-30-46-45(57-44)29-43(56-46)39-9-5-7-11-41(39)47(50,31-13-21-35(52-2)22-14-31)32-15-23-36(53-3)24-16-32/h5-30,49-51H,1-4H3. The molecule has 0 spiro atoms. The van der Waals surface area contributed by atoms with Gasteiger partial charge in [0.2, 0.25) is 0 Å². The molecule has 2 heterocycles. The van der Waals surface area contributed by atoms with Gasteiger partial charge >= 0.3 is 0 Å². The summed E-state index contributed by atoms with van der Waals surface area (Å²) in [6.07, 6.45) is 0. The number of benzene rings is 6. The smallest absolute Gasteiger partial charge is 0.147 e. The number of ether oxygens (including phenoxy) is 3. The molecule has 0 fully saturated rings. The maximum Gasteiger partial charge on any atom is 0.147 e. The molecule has 3 N–H and O–H groups in total. The quantitative estimate of drug-likeness (QED) is 0.0792. The van der Waals surface area contributed by atoms with Gasteiger partial charge in [-0.05, 0) is 94.0 Å². The molecule has 8 aromatic rings. The molecule has 8 rings (SSSR count). The fraction of sp³-hybridized carbons (Fsp3) is 0.125. The molecule has 0 aliphatic carbocycles. The lowest BCUT2D eigenvalue weighted by atomic mass is 9.78. The second-order valence-electron chi connectivity index (χ2n) is 13.5. The van der Waals surface area contributed by atoms with Crippen molar-refractivity contribution in [3.63, 3.8) is 0 Å². The average molecular weight is 792 g/mol. The second kappa shape index (κ2) is 15.9. The van der Waals surface area contributed by atoms with Crippen LogP contribution in [0.25, 0.3) is 30.3 Å². The molecule has 1 atom stereocenters. The summed E-state index contributed by atoms with van der Waals surface area (Å²) < 4.78 is 18.6. The minimum absolute atomic E-state index is 0.633. The van der Waals surface area contributed by atoms with E-state index in [1.54, 1.807) is 51.1 Å². The first-order valence-electron chi connectivity index (χ1n) is 18.4. The maximum atomic E-state index is 13.0. The van der Waals surface area contributed by atoms with Crippen molar-refractivity contribution in [1.29, 1.82) is 0 Å². The summed E-state index contributed by atoms with van der Waals surface area (Å²) in [4.78, 5) is 7.56. The Bertz CT molecular complexity index is 2540. The normalized spacial score (nSPS) is 12.6. The van der Waals surface area contributed by atoms with Crippen molar-refractivity contribution >= 4 is 32.1 Å². The zero-order valence-corrected chi connectivity index (χ0v) is 33.5. The highest BCUT2D eigenvalue weighted by Gasteiger charge is 2.38. The molecule has 0 amide bonds. The van der Waals surface area contributed by atoms with E-state index in [0.29, 0.717) is 45.3 Å². The minimum Gasteiger partial charge on any atom is -0.497 e. The van der Waals surface area contributed by atoms with E-state index in [4.69, 9.17) is 19.0 Å². The zero-order valence-electron chi connectivity index (χ0n) is 31.9. The number of hydrogen-bond acceptors (Lipinski definition) is 9. The SMILES string of the molecule is CNOc1ccc(C(O)(c2ccc(OC)cc2)c2ccccc2-c2cc3sc(-c4ccccc4C(O)(c4ccc(OC)cc4)c4ccc(OC)cc4)cc3s2)cc1. The van der Waals surface area contributed by atoms with Gasteiger partial charge in [0.15, 0.2) is 0 Å². The summed E-state index contributed by atoms with van der Waals surface area (Å²) in [5.74, 6) is 2.75. The Balaban J connectivity index is 1.23. The summed E-state index contributed by atoms with van der Waals surface area (Å²) in [6, 6.07) is 50.6. The molecule has 0 bridgehead atoms. The first kappa shape index (κ1) is 38.0. The van der Waals surface area contributed by atoms with Crippen LogP contribution in [0.5, 0.6) is 23.0 Å². The van der Waals surface area contributed by atoms with Crippen LogP contribution in [0, 0.1) is 0 Å². The first-order chi connectivity index (χ1) is 27.8. The van der Waals surface area contributed by atoms with E-state index in [-0.39, 0.29) is 0 Å². The summed E-state index contributed by atoms with van der Waals surface area (Å²) in [5, 5.41) is 26.0. The molecule has 2 aromatic heterocycles. The maximum absolute atomic E-state index is 13.0. The van der Waals surface area contributed by atoms with Gasteiger partial charge in [-0.1, -0.05) is 97.1 Å². The molecule has 0 aliphatic rings. The molecule has 0 saturated carbocycles. The van der Waals surface area contributed by atoms with Crippen LogP contribution < -0.4 is 24.5 Å². The van der Waals surface area contributed by atoms with Gasteiger partial charge < -0.3 is 29.3 Å². The molecule has 9 heteroatoms. The lowest BCUT2D eigenvalue weighted by Gasteiger charge is -2.32. The van der Waals surface area contributed by atoms with E-state index in [1.807, 2.05) is 133 Å². The number of rotatable bonds is 13. The molecule has 1 unspecified atom stereocenters. The molecular weight excluding hydrogens is 751 g/mol. The van der Waals surface area contributed by atoms with Gasteiger partial charge in [-0.2, -0.15) is 5.48 Å². The van der Waals surface area contributed by atoms with Crippen LogP contribution >= 0.6 is 22.7 Å². The fourth-order valence-corrected chi connectivity index (χ4v) is 9.94. The van der Waals surface area contributed by atoms with Crippen LogP contribution in [0.2, 0.25) is 0 Å². The predicted octanol–water partition coefficient (Wildman–Crippen LogP) is 10.4. The molecule has 0 radical (unpaired) electrons. The van der Waals surface area contributed by atoms with E-state index in [1.165, 1.54) is 0 Å². The van der Waals surface area contributed by atoms with Crippen LogP contribution in [0.3, 0.4) is 0 Å². The summed E-state index contributed by atoms with van der Waals surface area (Å²) in [7, 11) is 6.60. The Morgan fingerprint density at radius 1 is 0.439 bits per heavy atom. The van der Waals surface area contributed by atoms with Crippen molar-refractivity contribution in [3.8, 4) is 43.9 Å². The van der Waals surface area contributed by atoms with E-state index in [2.05, 4.69) is 29.7 Å². The Kier molecular flexibility index (Phi) is 10.6. The minimum atomic E-state index is -1.50. The third-order valence-electron chi connectivity index (χ3n) is 10.4. The molecule has 7 nitrogen and oxygen atoms in total. The van der Waals surface area contributed by atoms with Gasteiger partial charge in [0.05, 0.1) is 21.3 Å². The van der Waals surface area contributed by atoms with Crippen molar-refractivity contribution in [2.45, 2.75) is 11.2 Å². The number of hydrogen-bond donors (Lipinski definition) is 3. The highest BCUT2D eigenvalue weighted by molar-refractivity contribution is 7.31. The van der Waals surface area contributed by atoms with Gasteiger partial charge in [0, 0.05) is 37.3 Å². The van der Waals surface area contributed by atoms with Gasteiger partial charge in [0.25, 0.3) is 0 Å². The van der Waals surface area contributed by atoms with E-state index in [9.17, 15) is 10.2 Å². The predicted molar refractivity (Wildman–Crippen MR) is 230 cm³/mol. The van der Waals surface area contributed by atoms with Crippen LogP contribution in [-0.4, -0.2) is 38.6 Å². The third kappa shape index (κ3) is 6.94. The number of thiophene rings is 2. The highest BCUT2D eigenvalue weighted by atomic mass is 32.1. The Morgan fingerprint density at radius 3 is 1.07 bits per heavy atom. The van der Waals surface area contributed by atoms with Crippen LogP contribution in [0.15, 0.2) is 158 Å². The number of hydroxylamine groups is 1. The van der Waals surface area contributed by atoms with Crippen molar-refractivity contribution in [3.05, 3.63) is 191 Å². The Labute approximate surface area is 339 Å². The molecule has 6 aromatic carbocycles. The lowest BCUT2D eigenvalue weighted by Crippen LogP contribution is -2.29. The van der Waals surface area contributed by atoms with Crippen molar-refractivity contribution in [2.75, 3.05) is 28.4 Å². The fourth-order valence-electron chi connectivity index (χ4n) is 7.46. The van der Waals surface area contributed by atoms with Gasteiger partial charge in [0.1, 0.15) is 34.2 Å². The van der Waals surface area contributed by atoms with E-state index >= 15 is 0 Å². The second-order valence-corrected chi connectivity index (χ2v) is 15.6. The zero-order chi connectivity index (χ0) is 39.6. The number of fused-ring (bicyclic) bond motifs is 1. The average Bonchev–Trinajstić information content (AvgIpc) is 3.87. The topological polar surface area (TPSA) is 89.4 Å². The van der Waals surface area contributed by atoms with E-state index < -0.39 is 11.2 Å². The molecule has 286 valence electrons. The van der Waals surface area contributed by atoms with Crippen LogP contribution in [-0.2, 0) is 11.2 Å². The molecule has 0 saturated heterocycles. The van der Waals surface area contributed by atoms with Crippen molar-refractivity contribution in [2.24, 2.45) is 0 Å². The highest BCUT2D eigenvalue weighted by Crippen LogP contribution is 2.49. The van der Waals surface area contributed by atoms with Gasteiger partial charge in [-0.15, -0.1) is 22.7 Å². The number of nitrogens with one attached hydrogen (secondary N) is 1. The molecule has 0 aliphatic heterocycles. The van der Waals surface area contributed by atoms with Crippen LogP contribution in [0.1, 0.15) is 33.4 Å². The number of methoxy groups -OCH3 is 3. The molecule has 57 heavy (non-hydrogen) atoms. The monoisotopic (exact) mass is 791 g/mol. The summed E-state index contributed by atoms with van der Waals surface area (Å²) >= 11 is 3.35. The van der Waals surface area contributed by atoms with E-state index in [0.717, 1.165) is 41.4 Å². The van der Waals surface area contributed by atoms with Crippen LogP contribution in [0.4, 0.5) is 0 Å². The largest absolute Gasteiger partial charge is 0.497 e. The lowest BCUT2D eigenvalue weighted by molar-refractivity contribution is 0.126.